The first-order valence-corrected chi connectivity index (χ1v) is 5.22. The summed E-state index contributed by atoms with van der Waals surface area (Å²) < 4.78 is 34.2. The van der Waals surface area contributed by atoms with Crippen LogP contribution in [0.15, 0.2) is 18.2 Å². The molecule has 1 unspecified atom stereocenters. The molecule has 3 nitrogen and oxygen atoms in total. The van der Waals surface area contributed by atoms with Crippen molar-refractivity contribution in [2.45, 2.75) is 26.1 Å². The predicted octanol–water partition coefficient (Wildman–Crippen LogP) is 3.27. The van der Waals surface area contributed by atoms with Crippen LogP contribution in [0.25, 0.3) is 0 Å². The van der Waals surface area contributed by atoms with Crippen LogP contribution >= 0.6 is 0 Å². The van der Waals surface area contributed by atoms with Crippen molar-refractivity contribution in [2.24, 2.45) is 5.92 Å². The van der Waals surface area contributed by atoms with Gasteiger partial charge < -0.3 is 9.47 Å². The molecule has 0 saturated carbocycles. The molecule has 0 fully saturated rings. The molecule has 1 aromatic carbocycles. The lowest BCUT2D eigenvalue weighted by Crippen LogP contribution is -2.25. The highest BCUT2D eigenvalue weighted by molar-refractivity contribution is 5.47. The van der Waals surface area contributed by atoms with Gasteiger partial charge in [-0.3, -0.25) is 0 Å². The third kappa shape index (κ3) is 2.16. The second kappa shape index (κ2) is 3.88. The predicted molar refractivity (Wildman–Crippen MR) is 55.8 cm³/mol. The van der Waals surface area contributed by atoms with Gasteiger partial charge in [0.25, 0.3) is 0 Å². The van der Waals surface area contributed by atoms with Crippen LogP contribution < -0.4 is 9.47 Å². The van der Waals surface area contributed by atoms with E-state index in [9.17, 15) is 8.78 Å². The van der Waals surface area contributed by atoms with Gasteiger partial charge in [0.1, 0.15) is 0 Å². The number of halogens is 2. The van der Waals surface area contributed by atoms with Gasteiger partial charge in [-0.25, -0.2) is 0 Å². The summed E-state index contributed by atoms with van der Waals surface area (Å²) in [6, 6.07) is 6.59. The zero-order chi connectivity index (χ0) is 12.6. The summed E-state index contributed by atoms with van der Waals surface area (Å²) in [5, 5.41) is 9.03. The minimum Gasteiger partial charge on any atom is -0.395 e. The van der Waals surface area contributed by atoms with Crippen LogP contribution in [0, 0.1) is 17.2 Å². The molecule has 0 aliphatic carbocycles. The topological polar surface area (TPSA) is 42.2 Å². The maximum Gasteiger partial charge on any atom is 0.586 e. The lowest BCUT2D eigenvalue weighted by molar-refractivity contribution is -0.286. The molecule has 0 amide bonds. The van der Waals surface area contributed by atoms with Crippen molar-refractivity contribution in [1.82, 2.24) is 0 Å². The van der Waals surface area contributed by atoms with Gasteiger partial charge in [-0.05, 0) is 23.6 Å². The minimum atomic E-state index is -3.61. The quantitative estimate of drug-likeness (QED) is 0.795. The standard InChI is InChI=1S/C12H11F2NO2/c1-7(2)9(6-15)8-3-4-10-11(5-8)17-12(13,14)16-10/h3-5,7,9H,1-2H3. The fourth-order valence-electron chi connectivity index (χ4n) is 1.77. The molecular formula is C12H11F2NO2. The summed E-state index contributed by atoms with van der Waals surface area (Å²) in [5.41, 5.74) is 0.655. The van der Waals surface area contributed by atoms with Gasteiger partial charge >= 0.3 is 6.29 Å². The maximum absolute atomic E-state index is 12.8. The Hall–Kier alpha value is -1.83. The van der Waals surface area contributed by atoms with Crippen LogP contribution in [-0.4, -0.2) is 6.29 Å². The van der Waals surface area contributed by atoms with E-state index in [4.69, 9.17) is 5.26 Å². The smallest absolute Gasteiger partial charge is 0.395 e. The van der Waals surface area contributed by atoms with E-state index in [0.717, 1.165) is 0 Å². The maximum atomic E-state index is 12.8. The zero-order valence-corrected chi connectivity index (χ0v) is 9.41. The van der Waals surface area contributed by atoms with E-state index >= 15 is 0 Å². The Labute approximate surface area is 97.6 Å². The Balaban J connectivity index is 2.34. The Morgan fingerprint density at radius 3 is 2.47 bits per heavy atom. The number of alkyl halides is 2. The third-order valence-corrected chi connectivity index (χ3v) is 2.59. The van der Waals surface area contributed by atoms with E-state index in [0.29, 0.717) is 5.56 Å². The molecule has 90 valence electrons. The fourth-order valence-corrected chi connectivity index (χ4v) is 1.77. The van der Waals surface area contributed by atoms with Crippen LogP contribution in [0.4, 0.5) is 8.78 Å². The van der Waals surface area contributed by atoms with Crippen molar-refractivity contribution in [1.29, 1.82) is 5.26 Å². The van der Waals surface area contributed by atoms with E-state index in [1.54, 1.807) is 6.07 Å². The van der Waals surface area contributed by atoms with Gasteiger partial charge in [0.2, 0.25) is 0 Å². The Morgan fingerprint density at radius 2 is 1.88 bits per heavy atom. The SMILES string of the molecule is CC(C)C(C#N)c1ccc2c(c1)OC(F)(F)O2. The number of rotatable bonds is 2. The Morgan fingerprint density at radius 1 is 1.24 bits per heavy atom. The van der Waals surface area contributed by atoms with Crippen molar-refractivity contribution < 1.29 is 18.3 Å². The zero-order valence-electron chi connectivity index (χ0n) is 9.41. The van der Waals surface area contributed by atoms with Gasteiger partial charge in [0, 0.05) is 0 Å². The third-order valence-electron chi connectivity index (χ3n) is 2.59. The van der Waals surface area contributed by atoms with Crippen molar-refractivity contribution in [3.8, 4) is 17.6 Å². The van der Waals surface area contributed by atoms with Gasteiger partial charge in [-0.1, -0.05) is 19.9 Å². The number of fused-ring (bicyclic) bond motifs is 1. The van der Waals surface area contributed by atoms with Crippen LogP contribution in [0.5, 0.6) is 11.5 Å². The minimum absolute atomic E-state index is 0.000745. The summed E-state index contributed by atoms with van der Waals surface area (Å²) in [4.78, 5) is 0. The molecule has 1 aliphatic rings. The van der Waals surface area contributed by atoms with Gasteiger partial charge in [-0.15, -0.1) is 8.78 Å². The summed E-state index contributed by atoms with van der Waals surface area (Å²) in [5.74, 6) is -0.272. The molecule has 1 heterocycles. The summed E-state index contributed by atoms with van der Waals surface area (Å²) in [6.07, 6.45) is -3.61. The van der Waals surface area contributed by atoms with Crippen LogP contribution in [0.1, 0.15) is 25.3 Å². The van der Waals surface area contributed by atoms with Crippen LogP contribution in [-0.2, 0) is 0 Å². The molecule has 17 heavy (non-hydrogen) atoms. The van der Waals surface area contributed by atoms with E-state index in [1.165, 1.54) is 12.1 Å². The lowest BCUT2D eigenvalue weighted by Gasteiger charge is -2.13. The Kier molecular flexibility index (Phi) is 2.66. The number of ether oxygens (including phenoxy) is 2. The van der Waals surface area contributed by atoms with E-state index < -0.39 is 6.29 Å². The lowest BCUT2D eigenvalue weighted by atomic mass is 9.90. The first kappa shape index (κ1) is 11.6. The monoisotopic (exact) mass is 239 g/mol. The van der Waals surface area contributed by atoms with Crippen LogP contribution in [0.2, 0.25) is 0 Å². The summed E-state index contributed by atoms with van der Waals surface area (Å²) >= 11 is 0. The molecule has 2 rings (SSSR count). The highest BCUT2D eigenvalue weighted by atomic mass is 19.3. The van der Waals surface area contributed by atoms with Crippen molar-refractivity contribution in [3.63, 3.8) is 0 Å². The molecule has 1 atom stereocenters. The molecule has 0 radical (unpaired) electrons. The molecule has 1 aliphatic heterocycles. The second-order valence-electron chi connectivity index (χ2n) is 4.22. The molecule has 0 N–H and O–H groups in total. The molecule has 0 spiro atoms. The molecule has 0 saturated heterocycles. The number of benzene rings is 1. The Bertz CT molecular complexity index is 480. The van der Waals surface area contributed by atoms with Crippen LogP contribution in [0.3, 0.4) is 0 Å². The van der Waals surface area contributed by atoms with Crippen molar-refractivity contribution >= 4 is 0 Å². The van der Waals surface area contributed by atoms with E-state index in [2.05, 4.69) is 15.5 Å². The average Bonchev–Trinajstić information content (AvgIpc) is 2.51. The van der Waals surface area contributed by atoms with Gasteiger partial charge in [0.05, 0.1) is 12.0 Å². The first-order chi connectivity index (χ1) is 7.93. The van der Waals surface area contributed by atoms with Crippen molar-refractivity contribution in [3.05, 3.63) is 23.8 Å². The molecule has 5 heteroatoms. The molecule has 0 aromatic heterocycles. The fraction of sp³-hybridized carbons (Fsp3) is 0.417. The number of nitriles is 1. The number of nitrogens with zero attached hydrogens (tertiary/aromatic N) is 1. The van der Waals surface area contributed by atoms with E-state index in [1.807, 2.05) is 13.8 Å². The average molecular weight is 239 g/mol. The summed E-state index contributed by atoms with van der Waals surface area (Å²) in [6.45, 7) is 3.79. The highest BCUT2D eigenvalue weighted by Crippen LogP contribution is 2.42. The van der Waals surface area contributed by atoms with E-state index in [-0.39, 0.29) is 23.3 Å². The number of hydrogen-bond acceptors (Lipinski definition) is 3. The normalized spacial score (nSPS) is 17.9. The molecule has 0 bridgehead atoms. The summed E-state index contributed by atoms with van der Waals surface area (Å²) in [7, 11) is 0. The second-order valence-corrected chi connectivity index (χ2v) is 4.22. The number of hydrogen-bond donors (Lipinski definition) is 0. The molecule has 1 aromatic rings. The first-order valence-electron chi connectivity index (χ1n) is 5.22. The largest absolute Gasteiger partial charge is 0.586 e. The van der Waals surface area contributed by atoms with Crippen molar-refractivity contribution in [2.75, 3.05) is 0 Å². The highest BCUT2D eigenvalue weighted by Gasteiger charge is 2.43. The molecular weight excluding hydrogens is 228 g/mol. The van der Waals surface area contributed by atoms with Gasteiger partial charge in [-0.2, -0.15) is 5.26 Å². The van der Waals surface area contributed by atoms with Gasteiger partial charge in [0.15, 0.2) is 11.5 Å².